The van der Waals surface area contributed by atoms with Crippen molar-refractivity contribution >= 4 is 18.3 Å². The van der Waals surface area contributed by atoms with Crippen LogP contribution < -0.4 is 10.6 Å². The van der Waals surface area contributed by atoms with Crippen LogP contribution in [-0.4, -0.2) is 26.0 Å². The summed E-state index contributed by atoms with van der Waals surface area (Å²) in [5, 5.41) is 6.10. The molecule has 2 N–H and O–H groups in total. The molecule has 0 aromatic heterocycles. The van der Waals surface area contributed by atoms with Gasteiger partial charge >= 0.3 is 0 Å². The van der Waals surface area contributed by atoms with E-state index < -0.39 is 0 Å². The fourth-order valence-electron chi connectivity index (χ4n) is 2.81. The lowest BCUT2D eigenvalue weighted by Gasteiger charge is -2.19. The van der Waals surface area contributed by atoms with Gasteiger partial charge in [-0.3, -0.25) is 4.79 Å². The molecule has 2 rings (SSSR count). The molecule has 2 aromatic rings. The van der Waals surface area contributed by atoms with Crippen LogP contribution in [0.3, 0.4) is 0 Å². The van der Waals surface area contributed by atoms with E-state index in [2.05, 4.69) is 59.2 Å². The first kappa shape index (κ1) is 20.2. The lowest BCUT2D eigenvalue weighted by Crippen LogP contribution is -2.35. The Kier molecular flexibility index (Phi) is 9.13. The summed E-state index contributed by atoms with van der Waals surface area (Å²) in [6.07, 6.45) is 0.895. The smallest absolute Gasteiger partial charge is 0.224 e. The molecule has 0 aliphatic carbocycles. The number of benzene rings is 2. The Morgan fingerprint density at radius 3 is 1.92 bits per heavy atom. The van der Waals surface area contributed by atoms with Crippen LogP contribution in [0.5, 0.6) is 0 Å². The van der Waals surface area contributed by atoms with Crippen LogP contribution in [0.2, 0.25) is 0 Å². The van der Waals surface area contributed by atoms with Gasteiger partial charge in [-0.15, -0.1) is 12.4 Å². The fourth-order valence-corrected chi connectivity index (χ4v) is 2.81. The number of hydrogen-bond acceptors (Lipinski definition) is 2. The maximum Gasteiger partial charge on any atom is 0.224 e. The number of carbonyl (C=O) groups excluding carboxylic acids is 1. The van der Waals surface area contributed by atoms with Crippen LogP contribution in [0.4, 0.5) is 0 Å². The van der Waals surface area contributed by atoms with Crippen molar-refractivity contribution < 1.29 is 4.79 Å². The molecule has 1 unspecified atom stereocenters. The Morgan fingerprint density at radius 1 is 0.958 bits per heavy atom. The molecule has 0 heterocycles. The molecule has 1 atom stereocenters. The first-order valence-corrected chi connectivity index (χ1v) is 8.24. The predicted molar refractivity (Wildman–Crippen MR) is 103 cm³/mol. The van der Waals surface area contributed by atoms with E-state index in [-0.39, 0.29) is 24.2 Å². The largest absolute Gasteiger partial charge is 0.356 e. The van der Waals surface area contributed by atoms with Gasteiger partial charge in [-0.1, -0.05) is 67.6 Å². The van der Waals surface area contributed by atoms with Crippen molar-refractivity contribution in [2.45, 2.75) is 19.3 Å². The van der Waals surface area contributed by atoms with Gasteiger partial charge in [0.25, 0.3) is 0 Å². The summed E-state index contributed by atoms with van der Waals surface area (Å²) in [5.41, 5.74) is 2.58. The van der Waals surface area contributed by atoms with Crippen molar-refractivity contribution in [1.29, 1.82) is 0 Å². The average molecular weight is 347 g/mol. The van der Waals surface area contributed by atoms with Gasteiger partial charge in [0, 0.05) is 24.9 Å². The Labute approximate surface area is 151 Å². The van der Waals surface area contributed by atoms with Gasteiger partial charge in [0.15, 0.2) is 0 Å². The molecular weight excluding hydrogens is 320 g/mol. The molecule has 24 heavy (non-hydrogen) atoms. The minimum atomic E-state index is -0.00750. The molecule has 1 amide bonds. The maximum atomic E-state index is 12.0. The van der Waals surface area contributed by atoms with Crippen molar-refractivity contribution in [2.24, 2.45) is 5.92 Å². The Balaban J connectivity index is 0.00000288. The van der Waals surface area contributed by atoms with Crippen molar-refractivity contribution in [1.82, 2.24) is 10.6 Å². The van der Waals surface area contributed by atoms with Gasteiger partial charge in [-0.2, -0.15) is 0 Å². The van der Waals surface area contributed by atoms with Gasteiger partial charge in [-0.05, 0) is 24.6 Å². The monoisotopic (exact) mass is 346 g/mol. The molecule has 0 bridgehead atoms. The zero-order valence-corrected chi connectivity index (χ0v) is 15.2. The first-order chi connectivity index (χ1) is 11.2. The zero-order valence-electron chi connectivity index (χ0n) is 14.4. The molecule has 2 aromatic carbocycles. The highest BCUT2D eigenvalue weighted by atomic mass is 35.5. The predicted octanol–water partition coefficient (Wildman–Crippen LogP) is 3.60. The van der Waals surface area contributed by atoms with E-state index in [4.69, 9.17) is 0 Å². The molecule has 0 saturated heterocycles. The molecule has 3 nitrogen and oxygen atoms in total. The fraction of sp³-hybridized carbons (Fsp3) is 0.350. The minimum absolute atomic E-state index is 0. The molecule has 130 valence electrons. The van der Waals surface area contributed by atoms with Crippen molar-refractivity contribution in [3.63, 3.8) is 0 Å². The van der Waals surface area contributed by atoms with Crippen LogP contribution in [0.1, 0.15) is 30.4 Å². The van der Waals surface area contributed by atoms with Crippen molar-refractivity contribution in [3.8, 4) is 0 Å². The third-order valence-corrected chi connectivity index (χ3v) is 4.09. The summed E-state index contributed by atoms with van der Waals surface area (Å²) >= 11 is 0. The van der Waals surface area contributed by atoms with Crippen LogP contribution in [0.25, 0.3) is 0 Å². The van der Waals surface area contributed by atoms with E-state index in [0.717, 1.165) is 6.42 Å². The number of hydrogen-bond donors (Lipinski definition) is 2. The highest BCUT2D eigenvalue weighted by Crippen LogP contribution is 2.27. The van der Waals surface area contributed by atoms with Crippen LogP contribution in [0.15, 0.2) is 60.7 Å². The molecule has 0 spiro atoms. The first-order valence-electron chi connectivity index (χ1n) is 8.24. The summed E-state index contributed by atoms with van der Waals surface area (Å²) in [6.45, 7) is 3.33. The third kappa shape index (κ3) is 5.99. The van der Waals surface area contributed by atoms with Gasteiger partial charge in [0.2, 0.25) is 5.91 Å². The summed E-state index contributed by atoms with van der Waals surface area (Å²) in [7, 11) is 1.87. The summed E-state index contributed by atoms with van der Waals surface area (Å²) in [5.74, 6) is 0.406. The van der Waals surface area contributed by atoms with Crippen LogP contribution in [-0.2, 0) is 4.79 Å². The lowest BCUT2D eigenvalue weighted by atomic mass is 9.88. The van der Waals surface area contributed by atoms with Gasteiger partial charge in [0.05, 0.1) is 0 Å². The average Bonchev–Trinajstić information content (AvgIpc) is 2.60. The topological polar surface area (TPSA) is 41.1 Å². The quantitative estimate of drug-likeness (QED) is 0.766. The number of carbonyl (C=O) groups is 1. The Bertz CT molecular complexity index is 550. The van der Waals surface area contributed by atoms with E-state index >= 15 is 0 Å². The van der Waals surface area contributed by atoms with E-state index in [1.54, 1.807) is 0 Å². The van der Waals surface area contributed by atoms with E-state index in [1.807, 2.05) is 26.1 Å². The van der Waals surface area contributed by atoms with E-state index in [1.165, 1.54) is 11.1 Å². The Morgan fingerprint density at radius 2 is 1.46 bits per heavy atom. The van der Waals surface area contributed by atoms with Crippen molar-refractivity contribution in [3.05, 3.63) is 71.8 Å². The molecule has 0 aliphatic heterocycles. The molecular formula is C20H27ClN2O. The van der Waals surface area contributed by atoms with Crippen molar-refractivity contribution in [2.75, 3.05) is 20.1 Å². The zero-order chi connectivity index (χ0) is 16.5. The second-order valence-corrected chi connectivity index (χ2v) is 5.91. The number of halogens is 1. The van der Waals surface area contributed by atoms with Gasteiger partial charge < -0.3 is 10.6 Å². The maximum absolute atomic E-state index is 12.0. The molecule has 0 saturated carbocycles. The Hall–Kier alpha value is -1.84. The second-order valence-electron chi connectivity index (χ2n) is 5.91. The van der Waals surface area contributed by atoms with E-state index in [9.17, 15) is 4.79 Å². The lowest BCUT2D eigenvalue weighted by molar-refractivity contribution is -0.124. The molecule has 0 fully saturated rings. The van der Waals surface area contributed by atoms with E-state index in [0.29, 0.717) is 19.0 Å². The highest BCUT2D eigenvalue weighted by Gasteiger charge is 2.15. The summed E-state index contributed by atoms with van der Waals surface area (Å²) < 4.78 is 0. The van der Waals surface area contributed by atoms with Gasteiger partial charge in [-0.25, -0.2) is 0 Å². The SMILES string of the molecule is CNCC(C)C(=O)NCCC(c1ccccc1)c1ccccc1.Cl. The molecule has 4 heteroatoms. The van der Waals surface area contributed by atoms with Crippen LogP contribution >= 0.6 is 12.4 Å². The number of nitrogens with one attached hydrogen (secondary N) is 2. The minimum Gasteiger partial charge on any atom is -0.356 e. The normalized spacial score (nSPS) is 11.6. The standard InChI is InChI=1S/C20H26N2O.ClH/c1-16(15-21-2)20(23)22-14-13-19(17-9-5-3-6-10-17)18-11-7-4-8-12-18;/h3-12,16,19,21H,13-15H2,1-2H3,(H,22,23);1H. The molecule has 0 aliphatic rings. The van der Waals surface area contributed by atoms with Crippen LogP contribution in [0, 0.1) is 5.92 Å². The summed E-state index contributed by atoms with van der Waals surface area (Å²) in [6, 6.07) is 21.0. The second kappa shape index (κ2) is 10.8. The number of amides is 1. The number of rotatable bonds is 8. The summed E-state index contributed by atoms with van der Waals surface area (Å²) in [4.78, 5) is 12.0. The highest BCUT2D eigenvalue weighted by molar-refractivity contribution is 5.85. The molecule has 0 radical (unpaired) electrons. The van der Waals surface area contributed by atoms with Gasteiger partial charge in [0.1, 0.15) is 0 Å². The third-order valence-electron chi connectivity index (χ3n) is 4.09.